The van der Waals surface area contributed by atoms with Gasteiger partial charge in [0.15, 0.2) is 6.23 Å². The van der Waals surface area contributed by atoms with Crippen LogP contribution in [0.15, 0.2) is 21.9 Å². The fourth-order valence-electron chi connectivity index (χ4n) is 1.89. The minimum absolute atomic E-state index is 0. The molecule has 5 N–H and O–H groups in total. The predicted octanol–water partition coefficient (Wildman–Crippen LogP) is -5.62. The summed E-state index contributed by atoms with van der Waals surface area (Å²) >= 11 is 0. The van der Waals surface area contributed by atoms with Gasteiger partial charge in [-0.3, -0.25) is 18.9 Å². The average molecular weight is 348 g/mol. The van der Waals surface area contributed by atoms with E-state index < -0.39 is 50.2 Å². The van der Waals surface area contributed by atoms with E-state index >= 15 is 0 Å². The van der Waals surface area contributed by atoms with Crippen LogP contribution in [0.25, 0.3) is 0 Å². The zero-order chi connectivity index (χ0) is 15.8. The van der Waals surface area contributed by atoms with Gasteiger partial charge in [0.2, 0.25) is 0 Å². The van der Waals surface area contributed by atoms with Crippen molar-refractivity contribution >= 4 is 7.82 Å². The van der Waals surface area contributed by atoms with Crippen LogP contribution in [0.4, 0.5) is 0 Å². The molecule has 0 unspecified atom stereocenters. The topological polar surface area (TPSA) is 171 Å². The third kappa shape index (κ3) is 4.59. The van der Waals surface area contributed by atoms with Crippen LogP contribution in [-0.4, -0.2) is 54.5 Å². The first kappa shape index (κ1) is 19.7. The Kier molecular flexibility index (Phi) is 6.72. The molecule has 1 aromatic heterocycles. The molecular formula is C9H14N2NaO9P. The van der Waals surface area contributed by atoms with Gasteiger partial charge >= 0.3 is 43.1 Å². The molecule has 13 heteroatoms. The average Bonchev–Trinajstić information content (AvgIpc) is 2.64. The van der Waals surface area contributed by atoms with Crippen LogP contribution in [0.5, 0.6) is 0 Å². The Hall–Kier alpha value is -0.330. The Bertz CT molecular complexity index is 675. The van der Waals surface area contributed by atoms with E-state index in [1.807, 2.05) is 4.98 Å². The normalized spacial score (nSPS) is 28.4. The minimum Gasteiger partial charge on any atom is -1.00 e. The van der Waals surface area contributed by atoms with Gasteiger partial charge in [0.1, 0.15) is 18.3 Å². The van der Waals surface area contributed by atoms with E-state index in [4.69, 9.17) is 14.5 Å². The third-order valence-corrected chi connectivity index (χ3v) is 3.35. The van der Waals surface area contributed by atoms with Crippen molar-refractivity contribution in [2.24, 2.45) is 0 Å². The van der Waals surface area contributed by atoms with E-state index in [0.29, 0.717) is 0 Å². The molecule has 22 heavy (non-hydrogen) atoms. The van der Waals surface area contributed by atoms with E-state index in [9.17, 15) is 24.4 Å². The summed E-state index contributed by atoms with van der Waals surface area (Å²) in [5, 5.41) is 19.6. The van der Waals surface area contributed by atoms with Crippen LogP contribution in [0.3, 0.4) is 0 Å². The first-order valence-electron chi connectivity index (χ1n) is 5.72. The summed E-state index contributed by atoms with van der Waals surface area (Å²) in [6.45, 7) is -0.683. The first-order chi connectivity index (χ1) is 9.69. The molecule has 1 aliphatic heterocycles. The van der Waals surface area contributed by atoms with Crippen LogP contribution in [0, 0.1) is 0 Å². The second-order valence-corrected chi connectivity index (χ2v) is 5.59. The van der Waals surface area contributed by atoms with E-state index in [-0.39, 0.29) is 31.0 Å². The molecule has 4 atom stereocenters. The molecule has 0 aromatic carbocycles. The third-order valence-electron chi connectivity index (χ3n) is 2.87. The molecule has 0 radical (unpaired) electrons. The van der Waals surface area contributed by atoms with Crippen LogP contribution in [0.2, 0.25) is 0 Å². The van der Waals surface area contributed by atoms with Crippen LogP contribution < -0.4 is 40.8 Å². The summed E-state index contributed by atoms with van der Waals surface area (Å²) in [6.07, 6.45) is -4.58. The maximum Gasteiger partial charge on any atom is 1.00 e. The SMILES string of the molecule is O=c1ccn([C@@H]2O[C@H](COP(=O)(O)O)[C@@H](O)[C@H]2O)c(=O)[nH]1.[H-].[Na+]. The maximum absolute atomic E-state index is 11.6. The van der Waals surface area contributed by atoms with Crippen molar-refractivity contribution in [2.45, 2.75) is 24.5 Å². The summed E-state index contributed by atoms with van der Waals surface area (Å²) in [4.78, 5) is 41.6. The van der Waals surface area contributed by atoms with Crippen LogP contribution in [-0.2, 0) is 13.8 Å². The molecule has 2 heterocycles. The maximum atomic E-state index is 11.6. The number of H-pyrrole nitrogens is 1. The Balaban J connectivity index is 0.00000242. The summed E-state index contributed by atoms with van der Waals surface area (Å²) in [6, 6.07) is 1.02. The molecule has 1 fully saturated rings. The van der Waals surface area contributed by atoms with Gasteiger partial charge in [-0.2, -0.15) is 0 Å². The van der Waals surface area contributed by atoms with Crippen molar-refractivity contribution in [1.82, 2.24) is 9.55 Å². The summed E-state index contributed by atoms with van der Waals surface area (Å²) in [5.41, 5.74) is -1.51. The number of hydrogen-bond acceptors (Lipinski definition) is 7. The first-order valence-corrected chi connectivity index (χ1v) is 7.25. The van der Waals surface area contributed by atoms with E-state index in [2.05, 4.69) is 4.52 Å². The smallest absolute Gasteiger partial charge is 1.00 e. The number of ether oxygens (including phenoxy) is 1. The van der Waals surface area contributed by atoms with Gasteiger partial charge in [0.05, 0.1) is 6.61 Å². The van der Waals surface area contributed by atoms with Crippen molar-refractivity contribution in [1.29, 1.82) is 0 Å². The predicted molar refractivity (Wildman–Crippen MR) is 66.4 cm³/mol. The standard InChI is InChI=1S/C9H13N2O9P.Na.H/c12-5-1-2-11(9(15)10-5)8-7(14)6(13)4(20-8)3-19-21(16,17)18;;/h1-2,4,6-8,13-14H,3H2,(H,10,12,15)(H2,16,17,18);;/q;+1;-1/t4-,6-,7-,8-;;/m1../s1. The number of hydrogen-bond donors (Lipinski definition) is 5. The summed E-state index contributed by atoms with van der Waals surface area (Å²) in [7, 11) is -4.76. The number of aliphatic hydroxyl groups is 2. The number of phosphoric acid groups is 1. The molecule has 11 nitrogen and oxygen atoms in total. The molecule has 1 saturated heterocycles. The quantitative estimate of drug-likeness (QED) is 0.263. The van der Waals surface area contributed by atoms with Crippen LogP contribution >= 0.6 is 7.82 Å². The fourth-order valence-corrected chi connectivity index (χ4v) is 2.24. The Morgan fingerprint density at radius 2 is 2.00 bits per heavy atom. The van der Waals surface area contributed by atoms with Gasteiger partial charge in [-0.1, -0.05) is 0 Å². The number of aromatic amines is 1. The molecule has 1 aromatic rings. The van der Waals surface area contributed by atoms with Crippen molar-refractivity contribution in [3.05, 3.63) is 33.1 Å². The van der Waals surface area contributed by atoms with Gasteiger partial charge < -0.3 is 26.2 Å². The van der Waals surface area contributed by atoms with E-state index in [1.165, 1.54) is 0 Å². The van der Waals surface area contributed by atoms with Gasteiger partial charge in [-0.15, -0.1) is 0 Å². The van der Waals surface area contributed by atoms with Crippen LogP contribution in [0.1, 0.15) is 7.65 Å². The van der Waals surface area contributed by atoms with Crippen molar-refractivity contribution in [2.75, 3.05) is 6.61 Å². The molecule has 0 bridgehead atoms. The second kappa shape index (κ2) is 7.49. The number of phosphoric ester groups is 1. The largest absolute Gasteiger partial charge is 1.00 e. The number of aliphatic hydroxyl groups excluding tert-OH is 2. The monoisotopic (exact) mass is 348 g/mol. The number of rotatable bonds is 4. The molecular weight excluding hydrogens is 334 g/mol. The molecule has 0 saturated carbocycles. The molecule has 120 valence electrons. The summed E-state index contributed by atoms with van der Waals surface area (Å²) < 4.78 is 20.8. The van der Waals surface area contributed by atoms with E-state index in [0.717, 1.165) is 16.8 Å². The zero-order valence-corrected chi connectivity index (χ0v) is 14.3. The Labute approximate surface area is 146 Å². The van der Waals surface area contributed by atoms with Crippen molar-refractivity contribution in [3.8, 4) is 0 Å². The Morgan fingerprint density at radius 3 is 2.55 bits per heavy atom. The van der Waals surface area contributed by atoms with Gasteiger partial charge in [0.25, 0.3) is 5.56 Å². The van der Waals surface area contributed by atoms with E-state index in [1.54, 1.807) is 0 Å². The molecule has 1 aliphatic rings. The number of nitrogens with one attached hydrogen (secondary N) is 1. The molecule has 0 aliphatic carbocycles. The fraction of sp³-hybridized carbons (Fsp3) is 0.556. The van der Waals surface area contributed by atoms with Crippen molar-refractivity contribution < 1.29 is 64.8 Å². The second-order valence-electron chi connectivity index (χ2n) is 4.35. The van der Waals surface area contributed by atoms with Gasteiger partial charge in [0, 0.05) is 12.3 Å². The molecule has 0 spiro atoms. The molecule has 0 amide bonds. The minimum atomic E-state index is -4.76. The van der Waals surface area contributed by atoms with Crippen molar-refractivity contribution in [3.63, 3.8) is 0 Å². The number of nitrogens with zero attached hydrogens (tertiary/aromatic N) is 1. The van der Waals surface area contributed by atoms with Gasteiger partial charge in [-0.25, -0.2) is 9.36 Å². The Morgan fingerprint density at radius 1 is 1.36 bits per heavy atom. The number of aromatic nitrogens is 2. The molecule has 2 rings (SSSR count). The summed E-state index contributed by atoms with van der Waals surface area (Å²) in [5.74, 6) is 0. The zero-order valence-electron chi connectivity index (χ0n) is 12.4. The van der Waals surface area contributed by atoms with Gasteiger partial charge in [-0.05, 0) is 0 Å².